The first-order chi connectivity index (χ1) is 10.6. The SMILES string of the molecule is CN(CCO)C1(CNc2ccccc2[N+](=O)[O-])CCCCC1. The van der Waals surface area contributed by atoms with Gasteiger partial charge in [0.25, 0.3) is 5.69 Å². The van der Waals surface area contributed by atoms with Crippen molar-refractivity contribution in [1.82, 2.24) is 4.90 Å². The van der Waals surface area contributed by atoms with E-state index in [-0.39, 0.29) is 22.8 Å². The van der Waals surface area contributed by atoms with Gasteiger partial charge >= 0.3 is 0 Å². The summed E-state index contributed by atoms with van der Waals surface area (Å²) in [5, 5.41) is 23.6. The second-order valence-corrected chi connectivity index (χ2v) is 6.06. The second kappa shape index (κ2) is 7.56. The van der Waals surface area contributed by atoms with Crippen LogP contribution >= 0.6 is 0 Å². The Labute approximate surface area is 131 Å². The van der Waals surface area contributed by atoms with Crippen LogP contribution in [-0.2, 0) is 0 Å². The molecule has 0 heterocycles. The number of β-amino-alcohol motifs (C(OH)–C–C–N with tert-alkyl or cyclic N) is 1. The van der Waals surface area contributed by atoms with E-state index in [1.54, 1.807) is 18.2 Å². The fourth-order valence-corrected chi connectivity index (χ4v) is 3.33. The van der Waals surface area contributed by atoms with E-state index in [0.717, 1.165) is 25.7 Å². The fourth-order valence-electron chi connectivity index (χ4n) is 3.33. The number of aliphatic hydroxyl groups is 1. The molecule has 6 nitrogen and oxygen atoms in total. The summed E-state index contributed by atoms with van der Waals surface area (Å²) >= 11 is 0. The average Bonchev–Trinajstić information content (AvgIpc) is 2.54. The Balaban J connectivity index is 2.13. The van der Waals surface area contributed by atoms with Gasteiger partial charge in [-0.15, -0.1) is 0 Å². The number of aliphatic hydroxyl groups excluding tert-OH is 1. The maximum atomic E-state index is 11.1. The largest absolute Gasteiger partial charge is 0.395 e. The molecular formula is C16H25N3O3. The topological polar surface area (TPSA) is 78.6 Å². The highest BCUT2D eigenvalue weighted by atomic mass is 16.6. The van der Waals surface area contributed by atoms with Crippen molar-refractivity contribution in [2.75, 3.05) is 32.1 Å². The summed E-state index contributed by atoms with van der Waals surface area (Å²) in [5.74, 6) is 0. The summed E-state index contributed by atoms with van der Waals surface area (Å²) in [6, 6.07) is 6.76. The molecule has 0 aliphatic heterocycles. The van der Waals surface area contributed by atoms with Crippen molar-refractivity contribution in [3.05, 3.63) is 34.4 Å². The van der Waals surface area contributed by atoms with Gasteiger partial charge in [-0.05, 0) is 26.0 Å². The Bertz CT molecular complexity index is 501. The molecule has 1 fully saturated rings. The normalized spacial score (nSPS) is 17.4. The number of nitro groups is 1. The minimum atomic E-state index is -0.354. The molecule has 1 aromatic rings. The number of anilines is 1. The smallest absolute Gasteiger partial charge is 0.292 e. The van der Waals surface area contributed by atoms with E-state index in [9.17, 15) is 15.2 Å². The molecule has 0 atom stereocenters. The molecule has 0 spiro atoms. The molecule has 0 aromatic heterocycles. The number of nitrogens with one attached hydrogen (secondary N) is 1. The third kappa shape index (κ3) is 3.75. The predicted molar refractivity (Wildman–Crippen MR) is 87.1 cm³/mol. The van der Waals surface area contributed by atoms with Crippen LogP contribution in [-0.4, -0.2) is 47.2 Å². The first-order valence-electron chi connectivity index (χ1n) is 7.88. The fraction of sp³-hybridized carbons (Fsp3) is 0.625. The molecule has 0 unspecified atom stereocenters. The number of benzene rings is 1. The van der Waals surface area contributed by atoms with Gasteiger partial charge in [0.2, 0.25) is 0 Å². The van der Waals surface area contributed by atoms with E-state index in [1.807, 2.05) is 7.05 Å². The highest BCUT2D eigenvalue weighted by Crippen LogP contribution is 2.34. The zero-order valence-electron chi connectivity index (χ0n) is 13.1. The number of hydrogen-bond acceptors (Lipinski definition) is 5. The quantitative estimate of drug-likeness (QED) is 0.598. The summed E-state index contributed by atoms with van der Waals surface area (Å²) < 4.78 is 0. The molecule has 1 aromatic carbocycles. The lowest BCUT2D eigenvalue weighted by atomic mass is 9.80. The number of nitrogens with zero attached hydrogens (tertiary/aromatic N) is 2. The zero-order valence-corrected chi connectivity index (χ0v) is 13.1. The van der Waals surface area contributed by atoms with Crippen LogP contribution in [0, 0.1) is 10.1 Å². The maximum absolute atomic E-state index is 11.1. The maximum Gasteiger partial charge on any atom is 0.292 e. The van der Waals surface area contributed by atoms with Crippen molar-refractivity contribution in [2.24, 2.45) is 0 Å². The molecule has 2 rings (SSSR count). The number of hydrogen-bond donors (Lipinski definition) is 2. The molecule has 1 saturated carbocycles. The van der Waals surface area contributed by atoms with Crippen LogP contribution in [0.3, 0.4) is 0 Å². The van der Waals surface area contributed by atoms with Crippen molar-refractivity contribution in [3.8, 4) is 0 Å². The van der Waals surface area contributed by atoms with Gasteiger partial charge in [-0.2, -0.15) is 0 Å². The van der Waals surface area contributed by atoms with E-state index in [0.29, 0.717) is 18.8 Å². The Morgan fingerprint density at radius 1 is 1.32 bits per heavy atom. The van der Waals surface area contributed by atoms with Crippen LogP contribution in [0.4, 0.5) is 11.4 Å². The third-order valence-corrected chi connectivity index (χ3v) is 4.74. The standard InChI is InChI=1S/C16H25N3O3/c1-18(11-12-20)16(9-5-2-6-10-16)13-17-14-7-3-4-8-15(14)19(21)22/h3-4,7-8,17,20H,2,5-6,9-13H2,1H3. The van der Waals surface area contributed by atoms with Gasteiger partial charge in [0.15, 0.2) is 0 Å². The first-order valence-corrected chi connectivity index (χ1v) is 7.88. The number of nitro benzene ring substituents is 1. The molecular weight excluding hydrogens is 282 g/mol. The molecule has 6 heteroatoms. The number of likely N-dealkylation sites (N-methyl/N-ethyl adjacent to an activating group) is 1. The molecule has 122 valence electrons. The van der Waals surface area contributed by atoms with Crippen LogP contribution in [0.25, 0.3) is 0 Å². The first kappa shape index (κ1) is 16.7. The Kier molecular flexibility index (Phi) is 5.74. The van der Waals surface area contributed by atoms with E-state index in [2.05, 4.69) is 10.2 Å². The molecule has 1 aliphatic carbocycles. The molecule has 22 heavy (non-hydrogen) atoms. The minimum Gasteiger partial charge on any atom is -0.395 e. The summed E-state index contributed by atoms with van der Waals surface area (Å²) in [4.78, 5) is 13.0. The van der Waals surface area contributed by atoms with Crippen molar-refractivity contribution >= 4 is 11.4 Å². The van der Waals surface area contributed by atoms with Gasteiger partial charge in [-0.25, -0.2) is 0 Å². The van der Waals surface area contributed by atoms with Gasteiger partial charge in [-0.3, -0.25) is 15.0 Å². The van der Waals surface area contributed by atoms with E-state index < -0.39 is 0 Å². The molecule has 0 amide bonds. The Morgan fingerprint density at radius 2 is 2.00 bits per heavy atom. The van der Waals surface area contributed by atoms with Crippen LogP contribution in [0.1, 0.15) is 32.1 Å². The van der Waals surface area contributed by atoms with Crippen LogP contribution < -0.4 is 5.32 Å². The lowest BCUT2D eigenvalue weighted by Gasteiger charge is -2.45. The molecule has 0 bridgehead atoms. The van der Waals surface area contributed by atoms with E-state index in [4.69, 9.17) is 0 Å². The number of para-hydroxylation sites is 2. The average molecular weight is 307 g/mol. The van der Waals surface area contributed by atoms with E-state index >= 15 is 0 Å². The lowest BCUT2D eigenvalue weighted by molar-refractivity contribution is -0.384. The summed E-state index contributed by atoms with van der Waals surface area (Å²) in [5.41, 5.74) is 0.637. The van der Waals surface area contributed by atoms with Crippen molar-refractivity contribution < 1.29 is 10.0 Å². The van der Waals surface area contributed by atoms with E-state index in [1.165, 1.54) is 12.5 Å². The lowest BCUT2D eigenvalue weighted by Crippen LogP contribution is -2.53. The number of rotatable bonds is 7. The molecule has 0 saturated heterocycles. The Morgan fingerprint density at radius 3 is 2.64 bits per heavy atom. The monoisotopic (exact) mass is 307 g/mol. The summed E-state index contributed by atoms with van der Waals surface area (Å²) in [7, 11) is 2.03. The van der Waals surface area contributed by atoms with Crippen molar-refractivity contribution in [1.29, 1.82) is 0 Å². The predicted octanol–water partition coefficient (Wildman–Crippen LogP) is 2.63. The van der Waals surface area contributed by atoms with Crippen LogP contribution in [0.15, 0.2) is 24.3 Å². The van der Waals surface area contributed by atoms with Crippen molar-refractivity contribution in [2.45, 2.75) is 37.6 Å². The molecule has 2 N–H and O–H groups in total. The van der Waals surface area contributed by atoms with Gasteiger partial charge in [0.1, 0.15) is 5.69 Å². The molecule has 1 aliphatic rings. The van der Waals surface area contributed by atoms with Crippen LogP contribution in [0.2, 0.25) is 0 Å². The highest BCUT2D eigenvalue weighted by Gasteiger charge is 2.35. The van der Waals surface area contributed by atoms with Crippen molar-refractivity contribution in [3.63, 3.8) is 0 Å². The van der Waals surface area contributed by atoms with Gasteiger partial charge < -0.3 is 10.4 Å². The Hall–Kier alpha value is -1.66. The second-order valence-electron chi connectivity index (χ2n) is 6.06. The summed E-state index contributed by atoms with van der Waals surface area (Å²) in [6.07, 6.45) is 5.66. The third-order valence-electron chi connectivity index (χ3n) is 4.74. The van der Waals surface area contributed by atoms with Gasteiger partial charge in [-0.1, -0.05) is 31.4 Å². The minimum absolute atomic E-state index is 0.0370. The highest BCUT2D eigenvalue weighted by molar-refractivity contribution is 5.61. The van der Waals surface area contributed by atoms with Gasteiger partial charge in [0.05, 0.1) is 11.5 Å². The molecule has 0 radical (unpaired) electrons. The van der Waals surface area contributed by atoms with Crippen LogP contribution in [0.5, 0.6) is 0 Å². The summed E-state index contributed by atoms with van der Waals surface area (Å²) in [6.45, 7) is 1.41. The zero-order chi connectivity index (χ0) is 16.0. The van der Waals surface area contributed by atoms with Gasteiger partial charge in [0, 0.05) is 24.7 Å².